The Morgan fingerprint density at radius 1 is 1.03 bits per heavy atom. The van der Waals surface area contributed by atoms with Crippen LogP contribution in [0.5, 0.6) is 5.75 Å². The van der Waals surface area contributed by atoms with Crippen molar-refractivity contribution < 1.29 is 4.74 Å². The number of nitrogens with one attached hydrogen (secondary N) is 2. The molecule has 0 unspecified atom stereocenters. The van der Waals surface area contributed by atoms with Crippen molar-refractivity contribution >= 4 is 10.9 Å². The number of nitrogens with zero attached hydrogens (tertiary/aromatic N) is 2. The monoisotopic (exact) mass is 438 g/mol. The van der Waals surface area contributed by atoms with Crippen molar-refractivity contribution in [3.63, 3.8) is 0 Å². The number of fused-ring (bicyclic) bond motifs is 1. The van der Waals surface area contributed by atoms with E-state index >= 15 is 0 Å². The number of ether oxygens (including phenoxy) is 1. The molecule has 0 spiro atoms. The van der Waals surface area contributed by atoms with Crippen molar-refractivity contribution in [1.82, 2.24) is 19.7 Å². The summed E-state index contributed by atoms with van der Waals surface area (Å²) in [5.74, 6) is 1.55. The fourth-order valence-corrected chi connectivity index (χ4v) is 4.25. The second-order valence-electron chi connectivity index (χ2n) is 8.57. The molecule has 5 rings (SSSR count). The molecule has 0 saturated heterocycles. The lowest BCUT2D eigenvalue weighted by Gasteiger charge is -2.17. The SMILES string of the molecule is Cc1cc(OCc2ccccc2)c(-c2n[nH]c(=O)n2-c2ccc3[nH]ccc3c2)cc1C(C)C. The second-order valence-corrected chi connectivity index (χ2v) is 8.57. The average Bonchev–Trinajstić information content (AvgIpc) is 3.44. The molecule has 2 aromatic heterocycles. The predicted molar refractivity (Wildman–Crippen MR) is 131 cm³/mol. The lowest BCUT2D eigenvalue weighted by Crippen LogP contribution is -2.16. The molecule has 3 aromatic carbocycles. The van der Waals surface area contributed by atoms with Gasteiger partial charge in [0.05, 0.1) is 11.3 Å². The first-order valence-corrected chi connectivity index (χ1v) is 11.1. The van der Waals surface area contributed by atoms with Gasteiger partial charge in [0.1, 0.15) is 12.4 Å². The third-order valence-corrected chi connectivity index (χ3v) is 5.94. The van der Waals surface area contributed by atoms with Crippen LogP contribution in [0.1, 0.15) is 36.5 Å². The van der Waals surface area contributed by atoms with Gasteiger partial charge in [-0.05, 0) is 65.9 Å². The summed E-state index contributed by atoms with van der Waals surface area (Å²) in [6.45, 7) is 6.84. The van der Waals surface area contributed by atoms with Crippen molar-refractivity contribution in [2.75, 3.05) is 0 Å². The van der Waals surface area contributed by atoms with Gasteiger partial charge in [-0.3, -0.25) is 0 Å². The number of benzene rings is 3. The molecule has 33 heavy (non-hydrogen) atoms. The highest BCUT2D eigenvalue weighted by atomic mass is 16.5. The van der Waals surface area contributed by atoms with Crippen molar-refractivity contribution in [1.29, 1.82) is 0 Å². The van der Waals surface area contributed by atoms with Crippen LogP contribution in [-0.4, -0.2) is 19.7 Å². The Balaban J connectivity index is 1.65. The van der Waals surface area contributed by atoms with E-state index in [9.17, 15) is 4.79 Å². The van der Waals surface area contributed by atoms with Crippen molar-refractivity contribution in [2.45, 2.75) is 33.3 Å². The molecular formula is C27H26N4O2. The minimum absolute atomic E-state index is 0.291. The standard InChI is InChI=1S/C27H26N4O2/c1-17(2)22-15-23(25(13-18(22)3)33-16-19-7-5-4-6-8-19)26-29-30-27(32)31(26)21-9-10-24-20(14-21)11-12-28-24/h4-15,17,28H,16H2,1-3H3,(H,30,32). The van der Waals surface area contributed by atoms with E-state index in [1.807, 2.05) is 66.9 Å². The molecule has 6 heteroatoms. The average molecular weight is 439 g/mol. The first-order chi connectivity index (χ1) is 16.0. The Labute approximate surface area is 191 Å². The summed E-state index contributed by atoms with van der Waals surface area (Å²) < 4.78 is 7.88. The first kappa shape index (κ1) is 20.8. The van der Waals surface area contributed by atoms with Crippen molar-refractivity contribution in [2.24, 2.45) is 0 Å². The zero-order valence-electron chi connectivity index (χ0n) is 18.9. The summed E-state index contributed by atoms with van der Waals surface area (Å²) in [6, 6.07) is 22.0. The summed E-state index contributed by atoms with van der Waals surface area (Å²) in [6.07, 6.45) is 1.89. The molecule has 0 aliphatic rings. The number of rotatable bonds is 6. The molecule has 5 aromatic rings. The Morgan fingerprint density at radius 3 is 2.64 bits per heavy atom. The van der Waals surface area contributed by atoms with E-state index < -0.39 is 0 Å². The summed E-state index contributed by atoms with van der Waals surface area (Å²) in [5.41, 5.74) is 5.67. The number of aromatic nitrogens is 4. The molecule has 2 N–H and O–H groups in total. The van der Waals surface area contributed by atoms with Gasteiger partial charge in [0.2, 0.25) is 0 Å². The Bertz CT molecular complexity index is 1480. The van der Waals surface area contributed by atoms with Crippen molar-refractivity contribution in [3.05, 3.63) is 100 Å². The van der Waals surface area contributed by atoms with E-state index in [1.165, 1.54) is 5.56 Å². The molecule has 0 bridgehead atoms. The van der Waals surface area contributed by atoms with Gasteiger partial charge in [-0.25, -0.2) is 14.5 Å². The predicted octanol–water partition coefficient (Wildman–Crippen LogP) is 5.72. The first-order valence-electron chi connectivity index (χ1n) is 11.1. The van der Waals surface area contributed by atoms with Crippen LogP contribution in [0.15, 0.2) is 77.7 Å². The van der Waals surface area contributed by atoms with Crippen LogP contribution < -0.4 is 10.4 Å². The van der Waals surface area contributed by atoms with Crippen LogP contribution >= 0.6 is 0 Å². The second kappa shape index (κ2) is 8.47. The van der Waals surface area contributed by atoms with E-state index in [2.05, 4.69) is 42.0 Å². The van der Waals surface area contributed by atoms with Gasteiger partial charge in [0.15, 0.2) is 5.82 Å². The summed E-state index contributed by atoms with van der Waals surface area (Å²) >= 11 is 0. The van der Waals surface area contributed by atoms with Crippen LogP contribution in [0.4, 0.5) is 0 Å². The zero-order chi connectivity index (χ0) is 22.9. The largest absolute Gasteiger partial charge is 0.488 e. The molecule has 0 radical (unpaired) electrons. The summed E-state index contributed by atoms with van der Waals surface area (Å²) in [7, 11) is 0. The van der Waals surface area contributed by atoms with E-state index in [4.69, 9.17) is 4.74 Å². The number of hydrogen-bond donors (Lipinski definition) is 2. The quantitative estimate of drug-likeness (QED) is 0.356. The number of hydrogen-bond acceptors (Lipinski definition) is 3. The maximum Gasteiger partial charge on any atom is 0.348 e. The molecule has 6 nitrogen and oxygen atoms in total. The van der Waals surface area contributed by atoms with Crippen LogP contribution in [-0.2, 0) is 6.61 Å². The van der Waals surface area contributed by atoms with E-state index in [1.54, 1.807) is 4.57 Å². The number of aromatic amines is 2. The fraction of sp³-hybridized carbons (Fsp3) is 0.185. The van der Waals surface area contributed by atoms with Crippen LogP contribution in [0, 0.1) is 6.92 Å². The molecule has 0 aliphatic carbocycles. The smallest absolute Gasteiger partial charge is 0.348 e. The molecule has 0 fully saturated rings. The maximum absolute atomic E-state index is 12.9. The lowest BCUT2D eigenvalue weighted by atomic mass is 9.95. The van der Waals surface area contributed by atoms with Gasteiger partial charge in [-0.15, -0.1) is 0 Å². The van der Waals surface area contributed by atoms with Crippen LogP contribution in [0.25, 0.3) is 28.0 Å². The lowest BCUT2D eigenvalue weighted by molar-refractivity contribution is 0.307. The Morgan fingerprint density at radius 2 is 1.85 bits per heavy atom. The maximum atomic E-state index is 12.9. The van der Waals surface area contributed by atoms with Gasteiger partial charge in [0.25, 0.3) is 0 Å². The van der Waals surface area contributed by atoms with E-state index in [0.717, 1.165) is 33.3 Å². The van der Waals surface area contributed by atoms with E-state index in [0.29, 0.717) is 24.1 Å². The normalized spacial score (nSPS) is 11.4. The third kappa shape index (κ3) is 3.96. The van der Waals surface area contributed by atoms with Crippen molar-refractivity contribution in [3.8, 4) is 22.8 Å². The topological polar surface area (TPSA) is 75.7 Å². The molecule has 0 atom stereocenters. The van der Waals surface area contributed by atoms with Gasteiger partial charge >= 0.3 is 5.69 Å². The highest BCUT2D eigenvalue weighted by Crippen LogP contribution is 2.35. The zero-order valence-corrected chi connectivity index (χ0v) is 18.9. The van der Waals surface area contributed by atoms with Gasteiger partial charge < -0.3 is 9.72 Å². The number of H-pyrrole nitrogens is 2. The van der Waals surface area contributed by atoms with Gasteiger partial charge in [-0.1, -0.05) is 44.2 Å². The minimum Gasteiger partial charge on any atom is -0.488 e. The molecule has 2 heterocycles. The van der Waals surface area contributed by atoms with Gasteiger partial charge in [0, 0.05) is 17.1 Å². The highest BCUT2D eigenvalue weighted by molar-refractivity contribution is 5.82. The van der Waals surface area contributed by atoms with Crippen LogP contribution in [0.2, 0.25) is 0 Å². The molecule has 166 valence electrons. The molecule has 0 amide bonds. The van der Waals surface area contributed by atoms with E-state index in [-0.39, 0.29) is 5.69 Å². The molecule has 0 aliphatic heterocycles. The Hall–Kier alpha value is -4.06. The fourth-order valence-electron chi connectivity index (χ4n) is 4.25. The third-order valence-electron chi connectivity index (χ3n) is 5.94. The Kier molecular flexibility index (Phi) is 5.34. The highest BCUT2D eigenvalue weighted by Gasteiger charge is 2.20. The summed E-state index contributed by atoms with van der Waals surface area (Å²) in [4.78, 5) is 16.1. The molecule has 0 saturated carbocycles. The van der Waals surface area contributed by atoms with Gasteiger partial charge in [-0.2, -0.15) is 5.10 Å². The summed E-state index contributed by atoms with van der Waals surface area (Å²) in [5, 5.41) is 8.07. The molecular weight excluding hydrogens is 412 g/mol. The van der Waals surface area contributed by atoms with Crippen LogP contribution in [0.3, 0.4) is 0 Å². The number of aryl methyl sites for hydroxylation is 1. The minimum atomic E-state index is -0.291.